The molecule has 34 heavy (non-hydrogen) atoms. The summed E-state index contributed by atoms with van der Waals surface area (Å²) in [6, 6.07) is 7.22. The Balaban J connectivity index is 1.61. The van der Waals surface area contributed by atoms with Gasteiger partial charge in [0.25, 0.3) is 11.5 Å². The molecule has 4 rings (SSSR count). The van der Waals surface area contributed by atoms with Crippen LogP contribution in [0.3, 0.4) is 0 Å². The average molecular weight is 485 g/mol. The van der Waals surface area contributed by atoms with Gasteiger partial charge in [0, 0.05) is 38.3 Å². The van der Waals surface area contributed by atoms with Gasteiger partial charge >= 0.3 is 0 Å². The van der Waals surface area contributed by atoms with Crippen molar-refractivity contribution in [3.05, 3.63) is 45.8 Å². The third-order valence-electron chi connectivity index (χ3n) is 6.12. The SMILES string of the molecule is CNC(=O)COc1cc2cc(Nc3nc(N4CCCC(C)CC4)ncc3Cl)ccc2n(C)c1=O. The van der Waals surface area contributed by atoms with Gasteiger partial charge in [0.05, 0.1) is 11.7 Å². The minimum Gasteiger partial charge on any atom is -0.478 e. The van der Waals surface area contributed by atoms with E-state index < -0.39 is 0 Å². The van der Waals surface area contributed by atoms with E-state index in [0.29, 0.717) is 22.7 Å². The van der Waals surface area contributed by atoms with E-state index in [1.54, 1.807) is 19.3 Å². The highest BCUT2D eigenvalue weighted by atomic mass is 35.5. The number of carbonyl (C=O) groups excluding carboxylic acids is 1. The van der Waals surface area contributed by atoms with E-state index in [0.717, 1.165) is 42.5 Å². The van der Waals surface area contributed by atoms with Crippen LogP contribution in [0.1, 0.15) is 26.2 Å². The molecule has 1 saturated heterocycles. The maximum Gasteiger partial charge on any atom is 0.293 e. The van der Waals surface area contributed by atoms with Gasteiger partial charge in [-0.05, 0) is 49.4 Å². The Morgan fingerprint density at radius 3 is 2.88 bits per heavy atom. The highest BCUT2D eigenvalue weighted by Gasteiger charge is 2.18. The fourth-order valence-electron chi connectivity index (χ4n) is 4.05. The zero-order valence-corrected chi connectivity index (χ0v) is 20.4. The van der Waals surface area contributed by atoms with Gasteiger partial charge in [-0.2, -0.15) is 4.98 Å². The molecule has 0 radical (unpaired) electrons. The number of benzene rings is 1. The Bertz CT molecular complexity index is 1260. The van der Waals surface area contributed by atoms with E-state index in [1.807, 2.05) is 18.2 Å². The first-order valence-corrected chi connectivity index (χ1v) is 11.7. The van der Waals surface area contributed by atoms with Gasteiger partial charge in [-0.25, -0.2) is 4.98 Å². The molecule has 2 N–H and O–H groups in total. The maximum absolute atomic E-state index is 12.6. The molecule has 9 nitrogen and oxygen atoms in total. The summed E-state index contributed by atoms with van der Waals surface area (Å²) in [5.41, 5.74) is 1.17. The summed E-state index contributed by atoms with van der Waals surface area (Å²) >= 11 is 6.41. The van der Waals surface area contributed by atoms with E-state index >= 15 is 0 Å². The number of rotatable bonds is 6. The zero-order chi connectivity index (χ0) is 24.2. The second kappa shape index (κ2) is 10.3. The van der Waals surface area contributed by atoms with Crippen LogP contribution in [0.2, 0.25) is 5.02 Å². The van der Waals surface area contributed by atoms with Crippen molar-refractivity contribution < 1.29 is 9.53 Å². The van der Waals surface area contributed by atoms with Crippen molar-refractivity contribution in [2.75, 3.05) is 37.0 Å². The summed E-state index contributed by atoms with van der Waals surface area (Å²) < 4.78 is 6.94. The largest absolute Gasteiger partial charge is 0.478 e. The van der Waals surface area contributed by atoms with Crippen LogP contribution in [0.15, 0.2) is 35.3 Å². The van der Waals surface area contributed by atoms with Crippen molar-refractivity contribution in [1.82, 2.24) is 19.9 Å². The lowest BCUT2D eigenvalue weighted by Gasteiger charge is -2.21. The van der Waals surface area contributed by atoms with Crippen LogP contribution >= 0.6 is 11.6 Å². The fraction of sp³-hybridized carbons (Fsp3) is 0.417. The second-order valence-corrected chi connectivity index (χ2v) is 9.03. The molecule has 180 valence electrons. The Kier molecular flexibility index (Phi) is 7.21. The molecule has 0 aliphatic carbocycles. The van der Waals surface area contributed by atoms with Gasteiger partial charge in [-0.3, -0.25) is 9.59 Å². The number of ether oxygens (including phenoxy) is 1. The lowest BCUT2D eigenvalue weighted by molar-refractivity contribution is -0.122. The lowest BCUT2D eigenvalue weighted by Crippen LogP contribution is -2.27. The molecule has 3 heterocycles. The number of aryl methyl sites for hydroxylation is 1. The van der Waals surface area contributed by atoms with Gasteiger partial charge in [0.2, 0.25) is 5.95 Å². The highest BCUT2D eigenvalue weighted by Crippen LogP contribution is 2.28. The third-order valence-corrected chi connectivity index (χ3v) is 6.40. The van der Waals surface area contributed by atoms with Crippen molar-refractivity contribution in [2.45, 2.75) is 26.2 Å². The van der Waals surface area contributed by atoms with Gasteiger partial charge in [0.15, 0.2) is 18.2 Å². The summed E-state index contributed by atoms with van der Waals surface area (Å²) in [4.78, 5) is 35.5. The number of nitrogens with one attached hydrogen (secondary N) is 2. The molecule has 1 aliphatic rings. The molecule has 1 atom stereocenters. The maximum atomic E-state index is 12.6. The number of nitrogens with zero attached hydrogens (tertiary/aromatic N) is 4. The minimum atomic E-state index is -0.314. The molecule has 1 fully saturated rings. The predicted octanol–water partition coefficient (Wildman–Crippen LogP) is 3.48. The highest BCUT2D eigenvalue weighted by molar-refractivity contribution is 6.32. The van der Waals surface area contributed by atoms with Gasteiger partial charge in [-0.15, -0.1) is 0 Å². The van der Waals surface area contributed by atoms with E-state index in [9.17, 15) is 9.59 Å². The standard InChI is InChI=1S/C24H29ClN6O3/c1-15-5-4-9-31(10-8-15)24-27-13-18(25)22(29-24)28-17-6-7-19-16(11-17)12-20(23(33)30(19)3)34-14-21(32)26-2/h6-7,11-13,15H,4-5,8-10,14H2,1-3H3,(H,26,32)(H,27,28,29). The Morgan fingerprint density at radius 1 is 1.26 bits per heavy atom. The lowest BCUT2D eigenvalue weighted by atomic mass is 10.0. The van der Waals surface area contributed by atoms with Crippen molar-refractivity contribution in [1.29, 1.82) is 0 Å². The van der Waals surface area contributed by atoms with Gasteiger partial charge in [0.1, 0.15) is 5.02 Å². The first kappa shape index (κ1) is 23.8. The summed E-state index contributed by atoms with van der Waals surface area (Å²) in [6.07, 6.45) is 5.06. The van der Waals surface area contributed by atoms with Crippen LogP contribution in [0, 0.1) is 5.92 Å². The minimum absolute atomic E-state index is 0.105. The van der Waals surface area contributed by atoms with Crippen LogP contribution in [-0.4, -0.2) is 47.2 Å². The van der Waals surface area contributed by atoms with Gasteiger partial charge < -0.3 is 24.8 Å². The number of amides is 1. The first-order chi connectivity index (χ1) is 16.4. The van der Waals surface area contributed by atoms with Crippen LogP contribution in [0.4, 0.5) is 17.5 Å². The summed E-state index contributed by atoms with van der Waals surface area (Å²) in [7, 11) is 3.18. The van der Waals surface area contributed by atoms with Crippen LogP contribution in [0.25, 0.3) is 10.9 Å². The van der Waals surface area contributed by atoms with Crippen molar-refractivity contribution in [3.63, 3.8) is 0 Å². The summed E-state index contributed by atoms with van der Waals surface area (Å²) in [5.74, 6) is 1.67. The molecule has 1 aliphatic heterocycles. The quantitative estimate of drug-likeness (QED) is 0.552. The second-order valence-electron chi connectivity index (χ2n) is 8.62. The molecule has 2 aromatic heterocycles. The summed E-state index contributed by atoms with van der Waals surface area (Å²) in [6.45, 7) is 3.90. The molecule has 10 heteroatoms. The molecule has 1 aromatic carbocycles. The molecular weight excluding hydrogens is 456 g/mol. The molecule has 3 aromatic rings. The van der Waals surface area contributed by atoms with Crippen molar-refractivity contribution in [2.24, 2.45) is 13.0 Å². The number of hydrogen-bond acceptors (Lipinski definition) is 7. The number of pyridine rings is 1. The van der Waals surface area contributed by atoms with E-state index in [-0.39, 0.29) is 23.8 Å². The molecule has 1 amide bonds. The molecule has 0 saturated carbocycles. The topological polar surface area (TPSA) is 101 Å². The first-order valence-electron chi connectivity index (χ1n) is 11.4. The summed E-state index contributed by atoms with van der Waals surface area (Å²) in [5, 5.41) is 6.94. The monoisotopic (exact) mass is 484 g/mol. The number of carbonyl (C=O) groups is 1. The number of hydrogen-bond donors (Lipinski definition) is 2. The number of likely N-dealkylation sites (N-methyl/N-ethyl adjacent to an activating group) is 1. The third kappa shape index (κ3) is 5.25. The van der Waals surface area contributed by atoms with Crippen LogP contribution in [0.5, 0.6) is 5.75 Å². The smallest absolute Gasteiger partial charge is 0.293 e. The molecule has 0 spiro atoms. The fourth-order valence-corrected chi connectivity index (χ4v) is 4.19. The predicted molar refractivity (Wildman–Crippen MR) is 134 cm³/mol. The van der Waals surface area contributed by atoms with E-state index in [4.69, 9.17) is 21.3 Å². The number of anilines is 3. The Hall–Kier alpha value is -3.33. The average Bonchev–Trinajstić information content (AvgIpc) is 3.06. The van der Waals surface area contributed by atoms with E-state index in [2.05, 4.69) is 27.4 Å². The zero-order valence-electron chi connectivity index (χ0n) is 19.6. The van der Waals surface area contributed by atoms with Crippen LogP contribution < -0.4 is 25.8 Å². The molecule has 0 bridgehead atoms. The van der Waals surface area contributed by atoms with Gasteiger partial charge in [-0.1, -0.05) is 18.5 Å². The van der Waals surface area contributed by atoms with Crippen LogP contribution in [-0.2, 0) is 11.8 Å². The number of fused-ring (bicyclic) bond motifs is 1. The van der Waals surface area contributed by atoms with E-state index in [1.165, 1.54) is 18.0 Å². The number of aromatic nitrogens is 3. The van der Waals surface area contributed by atoms with Crippen molar-refractivity contribution >= 4 is 45.9 Å². The Labute approximate surface area is 203 Å². The van der Waals surface area contributed by atoms with Crippen molar-refractivity contribution in [3.8, 4) is 5.75 Å². The Morgan fingerprint density at radius 2 is 2.09 bits per heavy atom. The normalized spacial score (nSPS) is 16.2. The molecular formula is C24H29ClN6O3. The number of halogens is 1. The molecule has 1 unspecified atom stereocenters.